The first kappa shape index (κ1) is 32.0. The van der Waals surface area contributed by atoms with Crippen LogP contribution in [0.2, 0.25) is 5.02 Å². The van der Waals surface area contributed by atoms with E-state index in [-0.39, 0.29) is 30.3 Å². The van der Waals surface area contributed by atoms with Crippen LogP contribution in [0.4, 0.5) is 0 Å². The van der Waals surface area contributed by atoms with Gasteiger partial charge in [0, 0.05) is 10.6 Å². The molecule has 0 radical (unpaired) electrons. The van der Waals surface area contributed by atoms with Gasteiger partial charge in [0.15, 0.2) is 4.80 Å². The number of halogens is 1. The highest BCUT2D eigenvalue weighted by molar-refractivity contribution is 7.07. The molecule has 2 heterocycles. The van der Waals surface area contributed by atoms with E-state index in [9.17, 15) is 14.4 Å². The molecular weight excluding hydrogens is 636 g/mol. The standard InChI is InChI=1S/C37H31ClN2O6S/c1-4-44-35(42)25-16-14-23(15-17-25)21-46-30-19-18-24-10-6-7-11-26(24)28(30)20-31-34(41)40-33(27-12-8-9-13-29(27)38)32(36(43)45-5-2)22(3)39-37(40)47-31/h6-20,33H,4-5,21H2,1-3H3/b31-20-/t33-/m0/s1. The maximum atomic E-state index is 14.3. The number of thiazole rings is 1. The normalized spacial score (nSPS) is 14.5. The molecule has 0 fully saturated rings. The van der Waals surface area contributed by atoms with Gasteiger partial charge in [0.25, 0.3) is 5.56 Å². The Morgan fingerprint density at radius 2 is 1.62 bits per heavy atom. The number of allylic oxidation sites excluding steroid dienone is 1. The summed E-state index contributed by atoms with van der Waals surface area (Å²) >= 11 is 7.88. The molecule has 1 aliphatic heterocycles. The SMILES string of the molecule is CCOC(=O)C1=C(C)N=c2s/c(=C\c3c(OCc4ccc(C(=O)OCC)cc4)ccc4ccccc34)c(=O)n2[C@H]1c1ccccc1Cl. The van der Waals surface area contributed by atoms with Crippen LogP contribution in [0.25, 0.3) is 16.8 Å². The molecule has 0 N–H and O–H groups in total. The van der Waals surface area contributed by atoms with Crippen LogP contribution in [-0.4, -0.2) is 29.7 Å². The first-order valence-electron chi connectivity index (χ1n) is 15.1. The van der Waals surface area contributed by atoms with E-state index in [0.717, 1.165) is 21.9 Å². The summed E-state index contributed by atoms with van der Waals surface area (Å²) in [6, 6.07) is 25.1. The first-order chi connectivity index (χ1) is 22.8. The number of rotatable bonds is 9. The van der Waals surface area contributed by atoms with Crippen molar-refractivity contribution >= 4 is 51.7 Å². The fourth-order valence-corrected chi connectivity index (χ4v) is 6.84. The third-order valence-corrected chi connectivity index (χ3v) is 9.11. The van der Waals surface area contributed by atoms with Crippen molar-refractivity contribution in [2.75, 3.05) is 13.2 Å². The Kier molecular flexibility index (Phi) is 9.38. The number of aromatic nitrogens is 1. The average molecular weight is 667 g/mol. The number of nitrogens with zero attached hydrogens (tertiary/aromatic N) is 2. The summed E-state index contributed by atoms with van der Waals surface area (Å²) in [5.74, 6) is -0.345. The second kappa shape index (κ2) is 13.8. The monoisotopic (exact) mass is 666 g/mol. The van der Waals surface area contributed by atoms with Crippen LogP contribution >= 0.6 is 22.9 Å². The van der Waals surface area contributed by atoms with Crippen LogP contribution in [0.1, 0.15) is 53.9 Å². The lowest BCUT2D eigenvalue weighted by molar-refractivity contribution is -0.139. The number of benzene rings is 4. The molecule has 1 atom stereocenters. The number of fused-ring (bicyclic) bond motifs is 2. The lowest BCUT2D eigenvalue weighted by Gasteiger charge is -2.25. The van der Waals surface area contributed by atoms with Crippen molar-refractivity contribution < 1.29 is 23.8 Å². The minimum absolute atomic E-state index is 0.175. The van der Waals surface area contributed by atoms with Gasteiger partial charge in [0.2, 0.25) is 0 Å². The molecule has 4 aromatic carbocycles. The predicted octanol–water partition coefficient (Wildman–Crippen LogP) is 6.36. The van der Waals surface area contributed by atoms with E-state index in [1.54, 1.807) is 51.1 Å². The van der Waals surface area contributed by atoms with Crippen LogP contribution in [-0.2, 0) is 20.9 Å². The zero-order valence-electron chi connectivity index (χ0n) is 26.0. The van der Waals surface area contributed by atoms with Crippen molar-refractivity contribution in [3.05, 3.63) is 143 Å². The molecule has 5 aromatic rings. The number of hydrogen-bond donors (Lipinski definition) is 0. The lowest BCUT2D eigenvalue weighted by atomic mass is 9.96. The van der Waals surface area contributed by atoms with E-state index in [4.69, 9.17) is 25.8 Å². The second-order valence-electron chi connectivity index (χ2n) is 10.7. The van der Waals surface area contributed by atoms with Crippen LogP contribution < -0.4 is 19.6 Å². The zero-order chi connectivity index (χ0) is 33.1. The number of carbonyl (C=O) groups is 2. The molecule has 0 saturated carbocycles. The highest BCUT2D eigenvalue weighted by Gasteiger charge is 2.34. The molecule has 1 aromatic heterocycles. The highest BCUT2D eigenvalue weighted by Crippen LogP contribution is 2.35. The van der Waals surface area contributed by atoms with Gasteiger partial charge in [-0.1, -0.05) is 83.6 Å². The zero-order valence-corrected chi connectivity index (χ0v) is 27.6. The maximum absolute atomic E-state index is 14.3. The van der Waals surface area contributed by atoms with Crippen molar-refractivity contribution in [1.29, 1.82) is 0 Å². The smallest absolute Gasteiger partial charge is 0.338 e. The van der Waals surface area contributed by atoms with Crippen LogP contribution in [0.3, 0.4) is 0 Å². The Hall–Kier alpha value is -4.99. The van der Waals surface area contributed by atoms with Crippen molar-refractivity contribution in [3.8, 4) is 5.75 Å². The molecular formula is C37H31ClN2O6S. The summed E-state index contributed by atoms with van der Waals surface area (Å²) in [5.41, 5.74) is 3.06. The first-order valence-corrected chi connectivity index (χ1v) is 16.3. The molecule has 0 aliphatic carbocycles. The molecule has 0 saturated heterocycles. The fourth-order valence-electron chi connectivity index (χ4n) is 5.58. The van der Waals surface area contributed by atoms with Crippen molar-refractivity contribution in [1.82, 2.24) is 4.57 Å². The third kappa shape index (κ3) is 6.37. The minimum Gasteiger partial charge on any atom is -0.488 e. The summed E-state index contributed by atoms with van der Waals surface area (Å²) in [7, 11) is 0. The van der Waals surface area contributed by atoms with Gasteiger partial charge in [-0.2, -0.15) is 0 Å². The van der Waals surface area contributed by atoms with E-state index in [2.05, 4.69) is 4.99 Å². The van der Waals surface area contributed by atoms with Gasteiger partial charge >= 0.3 is 11.9 Å². The fraction of sp³-hybridized carbons (Fsp3) is 0.189. The quantitative estimate of drug-likeness (QED) is 0.170. The molecule has 47 heavy (non-hydrogen) atoms. The van der Waals surface area contributed by atoms with Crippen LogP contribution in [0, 0.1) is 0 Å². The lowest BCUT2D eigenvalue weighted by Crippen LogP contribution is -2.40. The Bertz CT molecular complexity index is 2220. The maximum Gasteiger partial charge on any atom is 0.338 e. The molecule has 6 rings (SSSR count). The summed E-state index contributed by atoms with van der Waals surface area (Å²) in [4.78, 5) is 44.7. The van der Waals surface area contributed by atoms with Gasteiger partial charge in [-0.3, -0.25) is 9.36 Å². The molecule has 238 valence electrons. The Balaban J connectivity index is 1.46. The van der Waals surface area contributed by atoms with Crippen LogP contribution in [0.5, 0.6) is 5.75 Å². The van der Waals surface area contributed by atoms with E-state index >= 15 is 0 Å². The molecule has 8 nitrogen and oxygen atoms in total. The van der Waals surface area contributed by atoms with Gasteiger partial charge in [-0.15, -0.1) is 0 Å². The summed E-state index contributed by atoms with van der Waals surface area (Å²) < 4.78 is 18.7. The summed E-state index contributed by atoms with van der Waals surface area (Å²) in [6.45, 7) is 5.95. The largest absolute Gasteiger partial charge is 0.488 e. The van der Waals surface area contributed by atoms with Crippen molar-refractivity contribution in [2.24, 2.45) is 4.99 Å². The summed E-state index contributed by atoms with van der Waals surface area (Å²) in [6.07, 6.45) is 1.82. The number of ether oxygens (including phenoxy) is 3. The van der Waals surface area contributed by atoms with E-state index in [1.807, 2.05) is 60.7 Å². The minimum atomic E-state index is -0.818. The van der Waals surface area contributed by atoms with Crippen LogP contribution in [0.15, 0.2) is 106 Å². The van der Waals surface area contributed by atoms with Gasteiger partial charge < -0.3 is 14.2 Å². The second-order valence-corrected chi connectivity index (χ2v) is 12.1. The Labute approximate surface area is 279 Å². The molecule has 0 bridgehead atoms. The number of esters is 2. The van der Waals surface area contributed by atoms with E-state index in [1.165, 1.54) is 15.9 Å². The van der Waals surface area contributed by atoms with Gasteiger partial charge in [-0.05, 0) is 73.0 Å². The van der Waals surface area contributed by atoms with Gasteiger partial charge in [0.05, 0.1) is 34.6 Å². The van der Waals surface area contributed by atoms with E-state index < -0.39 is 12.0 Å². The topological polar surface area (TPSA) is 96.2 Å². The number of hydrogen-bond acceptors (Lipinski definition) is 8. The predicted molar refractivity (Wildman–Crippen MR) is 183 cm³/mol. The molecule has 0 spiro atoms. The molecule has 10 heteroatoms. The van der Waals surface area contributed by atoms with Crippen molar-refractivity contribution in [3.63, 3.8) is 0 Å². The molecule has 0 amide bonds. The number of carbonyl (C=O) groups excluding carboxylic acids is 2. The average Bonchev–Trinajstić information content (AvgIpc) is 3.38. The molecule has 0 unspecified atom stereocenters. The molecule has 1 aliphatic rings. The van der Waals surface area contributed by atoms with Gasteiger partial charge in [0.1, 0.15) is 18.4 Å². The summed E-state index contributed by atoms with van der Waals surface area (Å²) in [5, 5.41) is 2.30. The van der Waals surface area contributed by atoms with E-state index in [0.29, 0.717) is 43.5 Å². The Morgan fingerprint density at radius 1 is 0.915 bits per heavy atom. The van der Waals surface area contributed by atoms with Gasteiger partial charge in [-0.25, -0.2) is 14.6 Å². The van der Waals surface area contributed by atoms with Crippen molar-refractivity contribution in [2.45, 2.75) is 33.4 Å². The Morgan fingerprint density at radius 3 is 2.36 bits per heavy atom. The third-order valence-electron chi connectivity index (χ3n) is 7.78. The highest BCUT2D eigenvalue weighted by atomic mass is 35.5.